The smallest absolute Gasteiger partial charge is 0.255 e. The molecule has 1 aromatic carbocycles. The molecule has 0 radical (unpaired) electrons. The van der Waals surface area contributed by atoms with Crippen LogP contribution in [-0.4, -0.2) is 25.2 Å². The zero-order valence-electron chi connectivity index (χ0n) is 15.8. The predicted octanol–water partition coefficient (Wildman–Crippen LogP) is 4.50. The van der Waals surface area contributed by atoms with Gasteiger partial charge >= 0.3 is 0 Å². The summed E-state index contributed by atoms with van der Waals surface area (Å²) >= 11 is 1.54. The summed E-state index contributed by atoms with van der Waals surface area (Å²) in [5.41, 5.74) is 6.31. The highest BCUT2D eigenvalue weighted by atomic mass is 32.1. The Hall–Kier alpha value is -3.12. The topological polar surface area (TPSA) is 43.1 Å². The van der Waals surface area contributed by atoms with E-state index in [1.807, 2.05) is 50.9 Å². The van der Waals surface area contributed by atoms with Crippen LogP contribution in [0.25, 0.3) is 11.5 Å². The fraction of sp³-hybridized carbons (Fsp3) is 0.182. The monoisotopic (exact) mass is 388 g/mol. The van der Waals surface area contributed by atoms with Crippen LogP contribution in [0.15, 0.2) is 59.6 Å². The third-order valence-corrected chi connectivity index (χ3v) is 5.90. The van der Waals surface area contributed by atoms with Crippen LogP contribution in [0.3, 0.4) is 0 Å². The second-order valence-electron chi connectivity index (χ2n) is 7.21. The normalized spacial score (nSPS) is 13.1. The molecule has 6 heteroatoms. The fourth-order valence-corrected chi connectivity index (χ4v) is 4.50. The molecule has 5 nitrogen and oxygen atoms in total. The van der Waals surface area contributed by atoms with Crippen LogP contribution in [-0.2, 0) is 13.1 Å². The van der Waals surface area contributed by atoms with Gasteiger partial charge in [0.15, 0.2) is 0 Å². The van der Waals surface area contributed by atoms with E-state index in [-0.39, 0.29) is 5.91 Å². The summed E-state index contributed by atoms with van der Waals surface area (Å²) in [6.45, 7) is 5.32. The molecule has 0 atom stereocenters. The fourth-order valence-electron chi connectivity index (χ4n) is 3.87. The SMILES string of the molecule is Cc1ccc(-n2nc3c(c2-n2cccc2)CN(C(=O)c2ccsc2)C3)c(C)c1. The van der Waals surface area contributed by atoms with Gasteiger partial charge in [0.05, 0.1) is 30.0 Å². The number of thiophene rings is 1. The Balaban J connectivity index is 1.60. The first-order valence-corrected chi connectivity index (χ1v) is 10.2. The Morgan fingerprint density at radius 2 is 1.93 bits per heavy atom. The molecule has 0 saturated carbocycles. The van der Waals surface area contributed by atoms with E-state index in [4.69, 9.17) is 5.10 Å². The molecule has 0 spiro atoms. The molecule has 28 heavy (non-hydrogen) atoms. The van der Waals surface area contributed by atoms with Gasteiger partial charge in [0, 0.05) is 23.3 Å². The summed E-state index contributed by atoms with van der Waals surface area (Å²) in [7, 11) is 0. The molecule has 4 aromatic rings. The number of carbonyl (C=O) groups is 1. The van der Waals surface area contributed by atoms with Crippen molar-refractivity contribution in [1.82, 2.24) is 19.2 Å². The minimum atomic E-state index is 0.0655. The van der Waals surface area contributed by atoms with Gasteiger partial charge < -0.3 is 9.47 Å². The van der Waals surface area contributed by atoms with Crippen molar-refractivity contribution in [2.75, 3.05) is 0 Å². The van der Waals surface area contributed by atoms with Crippen molar-refractivity contribution >= 4 is 17.2 Å². The van der Waals surface area contributed by atoms with Crippen LogP contribution in [0.5, 0.6) is 0 Å². The lowest BCUT2D eigenvalue weighted by Gasteiger charge is -2.17. The van der Waals surface area contributed by atoms with Crippen molar-refractivity contribution in [2.45, 2.75) is 26.9 Å². The molecule has 0 aliphatic carbocycles. The van der Waals surface area contributed by atoms with Crippen LogP contribution in [0.2, 0.25) is 0 Å². The zero-order valence-corrected chi connectivity index (χ0v) is 16.6. The van der Waals surface area contributed by atoms with Crippen LogP contribution in [0.4, 0.5) is 0 Å². The number of carbonyl (C=O) groups excluding carboxylic acids is 1. The third kappa shape index (κ3) is 2.68. The van der Waals surface area contributed by atoms with E-state index in [1.165, 1.54) is 11.1 Å². The Morgan fingerprint density at radius 3 is 2.64 bits per heavy atom. The lowest BCUT2D eigenvalue weighted by Crippen LogP contribution is -2.26. The van der Waals surface area contributed by atoms with Gasteiger partial charge in [0.2, 0.25) is 0 Å². The first-order chi connectivity index (χ1) is 13.6. The highest BCUT2D eigenvalue weighted by Gasteiger charge is 2.32. The van der Waals surface area contributed by atoms with Gasteiger partial charge in [0.1, 0.15) is 5.82 Å². The number of rotatable bonds is 3. The second-order valence-corrected chi connectivity index (χ2v) is 7.99. The number of nitrogens with zero attached hydrogens (tertiary/aromatic N) is 4. The van der Waals surface area contributed by atoms with Gasteiger partial charge in [-0.3, -0.25) is 4.79 Å². The van der Waals surface area contributed by atoms with Crippen molar-refractivity contribution in [3.8, 4) is 11.5 Å². The number of benzene rings is 1. The number of aromatic nitrogens is 3. The molecule has 0 unspecified atom stereocenters. The first-order valence-electron chi connectivity index (χ1n) is 9.25. The lowest BCUT2D eigenvalue weighted by atomic mass is 10.1. The summed E-state index contributed by atoms with van der Waals surface area (Å²) in [6.07, 6.45) is 4.06. The minimum absolute atomic E-state index is 0.0655. The van der Waals surface area contributed by atoms with E-state index < -0.39 is 0 Å². The molecule has 0 saturated heterocycles. The maximum Gasteiger partial charge on any atom is 0.255 e. The molecule has 0 bridgehead atoms. The summed E-state index contributed by atoms with van der Waals surface area (Å²) < 4.78 is 4.11. The number of amides is 1. The Bertz CT molecular complexity index is 1160. The summed E-state index contributed by atoms with van der Waals surface area (Å²) in [6, 6.07) is 12.3. The molecular weight excluding hydrogens is 368 g/mol. The first kappa shape index (κ1) is 17.0. The lowest BCUT2D eigenvalue weighted by molar-refractivity contribution is 0.0750. The molecule has 1 aliphatic heterocycles. The molecule has 0 N–H and O–H groups in total. The standard InChI is InChI=1S/C22H20N4OS/c1-15-5-6-20(16(2)11-15)26-21(24-8-3-4-9-24)18-12-25(13-19(18)23-26)22(27)17-7-10-28-14-17/h3-11,14H,12-13H2,1-2H3. The van der Waals surface area contributed by atoms with Crippen LogP contribution < -0.4 is 0 Å². The van der Waals surface area contributed by atoms with Crippen molar-refractivity contribution in [3.05, 3.63) is 87.5 Å². The van der Waals surface area contributed by atoms with E-state index in [2.05, 4.69) is 36.6 Å². The van der Waals surface area contributed by atoms with E-state index in [0.717, 1.165) is 28.3 Å². The molecule has 140 valence electrons. The average molecular weight is 388 g/mol. The van der Waals surface area contributed by atoms with Gasteiger partial charge in [-0.1, -0.05) is 17.7 Å². The van der Waals surface area contributed by atoms with Crippen LogP contribution >= 0.6 is 11.3 Å². The predicted molar refractivity (Wildman–Crippen MR) is 110 cm³/mol. The summed E-state index contributed by atoms with van der Waals surface area (Å²) in [5, 5.41) is 8.77. The number of hydrogen-bond acceptors (Lipinski definition) is 3. The maximum atomic E-state index is 12.8. The van der Waals surface area contributed by atoms with Crippen molar-refractivity contribution < 1.29 is 4.79 Å². The van der Waals surface area contributed by atoms with Gasteiger partial charge in [0.25, 0.3) is 5.91 Å². The molecule has 1 amide bonds. The molecule has 3 aromatic heterocycles. The number of hydrogen-bond donors (Lipinski definition) is 0. The minimum Gasteiger partial charge on any atom is -0.328 e. The van der Waals surface area contributed by atoms with Crippen molar-refractivity contribution in [1.29, 1.82) is 0 Å². The highest BCUT2D eigenvalue weighted by Crippen LogP contribution is 2.32. The van der Waals surface area contributed by atoms with Crippen LogP contribution in [0.1, 0.15) is 32.7 Å². The van der Waals surface area contributed by atoms with E-state index in [0.29, 0.717) is 13.1 Å². The highest BCUT2D eigenvalue weighted by molar-refractivity contribution is 7.08. The van der Waals surface area contributed by atoms with Crippen molar-refractivity contribution in [3.63, 3.8) is 0 Å². The van der Waals surface area contributed by atoms with Gasteiger partial charge in [-0.15, -0.1) is 0 Å². The van der Waals surface area contributed by atoms with E-state index in [9.17, 15) is 4.79 Å². The van der Waals surface area contributed by atoms with Gasteiger partial charge in [-0.05, 0) is 49.1 Å². The largest absolute Gasteiger partial charge is 0.328 e. The molecule has 5 rings (SSSR count). The van der Waals surface area contributed by atoms with Gasteiger partial charge in [-0.2, -0.15) is 16.4 Å². The van der Waals surface area contributed by atoms with E-state index >= 15 is 0 Å². The average Bonchev–Trinajstić information content (AvgIpc) is 3.44. The number of fused-ring (bicyclic) bond motifs is 1. The van der Waals surface area contributed by atoms with E-state index in [1.54, 1.807) is 11.3 Å². The molecule has 4 heterocycles. The zero-order chi connectivity index (χ0) is 19.3. The molecular formula is C22H20N4OS. The Labute approximate surface area is 167 Å². The third-order valence-electron chi connectivity index (χ3n) is 5.21. The maximum absolute atomic E-state index is 12.8. The Morgan fingerprint density at radius 1 is 1.11 bits per heavy atom. The van der Waals surface area contributed by atoms with Crippen LogP contribution in [0, 0.1) is 13.8 Å². The van der Waals surface area contributed by atoms with Gasteiger partial charge in [-0.25, -0.2) is 4.68 Å². The second kappa shape index (κ2) is 6.49. The molecule has 0 fully saturated rings. The quantitative estimate of drug-likeness (QED) is 0.519. The number of aryl methyl sites for hydroxylation is 2. The van der Waals surface area contributed by atoms with Crippen molar-refractivity contribution in [2.24, 2.45) is 0 Å². The summed E-state index contributed by atoms with van der Waals surface area (Å²) in [4.78, 5) is 14.7. The summed E-state index contributed by atoms with van der Waals surface area (Å²) in [5.74, 6) is 1.07. The Kier molecular flexibility index (Phi) is 3.94. The molecule has 1 aliphatic rings.